The van der Waals surface area contributed by atoms with Gasteiger partial charge in [0.05, 0.1) is 5.69 Å². The molecule has 27 heavy (non-hydrogen) atoms. The Kier molecular flexibility index (Phi) is 5.32. The highest BCUT2D eigenvalue weighted by molar-refractivity contribution is 5.81. The number of aromatic amines is 1. The van der Waals surface area contributed by atoms with Crippen LogP contribution in [0.1, 0.15) is 18.5 Å². The monoisotopic (exact) mass is 365 g/mol. The Bertz CT molecular complexity index is 868. The highest BCUT2D eigenvalue weighted by atomic mass is 19.1. The normalized spacial score (nSPS) is 15.9. The minimum absolute atomic E-state index is 0.234. The van der Waals surface area contributed by atoms with Crippen LogP contribution in [0.15, 0.2) is 54.9 Å². The molecule has 1 aliphatic heterocycles. The average molecular weight is 365 g/mol. The van der Waals surface area contributed by atoms with Gasteiger partial charge in [-0.3, -0.25) is 9.88 Å². The molecule has 0 atom stereocenters. The number of likely N-dealkylation sites (tertiary alicyclic amines) is 1. The molecule has 0 bridgehead atoms. The maximum Gasteiger partial charge on any atom is 0.123 e. The van der Waals surface area contributed by atoms with Gasteiger partial charge in [-0.2, -0.15) is 0 Å². The Hall–Kier alpha value is -2.50. The van der Waals surface area contributed by atoms with Crippen LogP contribution in [0.2, 0.25) is 0 Å². The second-order valence-electron chi connectivity index (χ2n) is 7.23. The molecule has 3 aromatic rings. The van der Waals surface area contributed by atoms with E-state index in [1.807, 2.05) is 24.3 Å². The van der Waals surface area contributed by atoms with Gasteiger partial charge in [0.1, 0.15) is 5.82 Å². The summed E-state index contributed by atoms with van der Waals surface area (Å²) in [4.78, 5) is 10.1. The molecule has 1 fully saturated rings. The lowest BCUT2D eigenvalue weighted by Crippen LogP contribution is -2.34. The van der Waals surface area contributed by atoms with Crippen molar-refractivity contribution in [3.05, 3.63) is 66.4 Å². The summed E-state index contributed by atoms with van der Waals surface area (Å²) in [5.74, 6) is 0.204. The van der Waals surface area contributed by atoms with Crippen LogP contribution < -0.4 is 0 Å². The highest BCUT2D eigenvalue weighted by Gasteiger charge is 2.20. The van der Waals surface area contributed by atoms with E-state index in [9.17, 15) is 9.50 Å². The van der Waals surface area contributed by atoms with E-state index in [0.29, 0.717) is 5.92 Å². The Morgan fingerprint density at radius 1 is 1.04 bits per heavy atom. The van der Waals surface area contributed by atoms with E-state index in [4.69, 9.17) is 0 Å². The summed E-state index contributed by atoms with van der Waals surface area (Å²) in [6, 6.07) is 12.8. The summed E-state index contributed by atoms with van der Waals surface area (Å²) in [7, 11) is 0. The van der Waals surface area contributed by atoms with E-state index in [-0.39, 0.29) is 12.4 Å². The van der Waals surface area contributed by atoms with E-state index in [2.05, 4.69) is 20.9 Å². The Morgan fingerprint density at radius 3 is 2.41 bits per heavy atom. The molecule has 4 nitrogen and oxygen atoms in total. The molecule has 2 aromatic heterocycles. The van der Waals surface area contributed by atoms with E-state index in [1.54, 1.807) is 12.4 Å². The number of nitrogens with one attached hydrogen (secondary N) is 1. The molecule has 0 radical (unpaired) electrons. The molecule has 1 aliphatic rings. The highest BCUT2D eigenvalue weighted by Crippen LogP contribution is 2.33. The largest absolute Gasteiger partial charge is 0.396 e. The molecule has 2 N–H and O–H groups in total. The second-order valence-corrected chi connectivity index (χ2v) is 7.23. The topological polar surface area (TPSA) is 52.1 Å². The smallest absolute Gasteiger partial charge is 0.123 e. The SMILES string of the molecule is OCC1CCN(Cc2cc(-c3ccncc3)c(-c3ccc(F)cc3)[nH]2)CC1. The number of aliphatic hydroxyl groups excluding tert-OH is 1. The fourth-order valence-corrected chi connectivity index (χ4v) is 3.77. The maximum atomic E-state index is 13.4. The Morgan fingerprint density at radius 2 is 1.74 bits per heavy atom. The number of pyridine rings is 1. The lowest BCUT2D eigenvalue weighted by atomic mass is 9.98. The zero-order valence-corrected chi connectivity index (χ0v) is 15.2. The predicted molar refractivity (Wildman–Crippen MR) is 105 cm³/mol. The van der Waals surface area contributed by atoms with E-state index >= 15 is 0 Å². The Labute approximate surface area is 158 Å². The van der Waals surface area contributed by atoms with Gasteiger partial charge in [-0.15, -0.1) is 0 Å². The first kappa shape index (κ1) is 17.9. The third kappa shape index (κ3) is 4.10. The fraction of sp³-hybridized carbons (Fsp3) is 0.318. The van der Waals surface area contributed by atoms with Gasteiger partial charge in [-0.25, -0.2) is 4.39 Å². The van der Waals surface area contributed by atoms with Crippen molar-refractivity contribution in [3.63, 3.8) is 0 Å². The predicted octanol–water partition coefficient (Wildman–Crippen LogP) is 4.09. The maximum absolute atomic E-state index is 13.4. The number of nitrogens with zero attached hydrogens (tertiary/aromatic N) is 2. The van der Waals surface area contributed by atoms with E-state index < -0.39 is 0 Å². The molecule has 1 saturated heterocycles. The summed E-state index contributed by atoms with van der Waals surface area (Å²) in [5, 5.41) is 9.32. The quantitative estimate of drug-likeness (QED) is 0.716. The number of aromatic nitrogens is 2. The first-order valence-corrected chi connectivity index (χ1v) is 9.44. The second kappa shape index (κ2) is 8.03. The van der Waals surface area contributed by atoms with Crippen LogP contribution in [0, 0.1) is 11.7 Å². The molecule has 0 aliphatic carbocycles. The zero-order valence-electron chi connectivity index (χ0n) is 15.2. The van der Waals surface area contributed by atoms with Gasteiger partial charge in [0.15, 0.2) is 0 Å². The molecule has 0 amide bonds. The Balaban J connectivity index is 1.63. The van der Waals surface area contributed by atoms with Gasteiger partial charge in [0.2, 0.25) is 0 Å². The van der Waals surface area contributed by atoms with Gasteiger partial charge in [-0.1, -0.05) is 0 Å². The van der Waals surface area contributed by atoms with Crippen LogP contribution in [-0.2, 0) is 6.54 Å². The van der Waals surface area contributed by atoms with Crippen LogP contribution in [0.25, 0.3) is 22.4 Å². The number of piperidine rings is 1. The zero-order chi connectivity index (χ0) is 18.6. The third-order valence-electron chi connectivity index (χ3n) is 5.36. The van der Waals surface area contributed by atoms with Crippen molar-refractivity contribution in [1.82, 2.24) is 14.9 Å². The summed E-state index contributed by atoms with van der Waals surface area (Å²) in [5.41, 5.74) is 5.30. The summed E-state index contributed by atoms with van der Waals surface area (Å²) >= 11 is 0. The number of aliphatic hydroxyl groups is 1. The van der Waals surface area contributed by atoms with E-state index in [1.165, 1.54) is 12.1 Å². The summed E-state index contributed by atoms with van der Waals surface area (Å²) in [6.45, 7) is 3.14. The van der Waals surface area contributed by atoms with Crippen molar-refractivity contribution in [2.75, 3.05) is 19.7 Å². The first-order valence-electron chi connectivity index (χ1n) is 9.44. The van der Waals surface area contributed by atoms with Crippen LogP contribution in [0.3, 0.4) is 0 Å². The van der Waals surface area contributed by atoms with Crippen LogP contribution in [-0.4, -0.2) is 39.7 Å². The first-order chi connectivity index (χ1) is 13.2. The molecule has 0 spiro atoms. The van der Waals surface area contributed by atoms with Crippen molar-refractivity contribution < 1.29 is 9.50 Å². The molecule has 0 saturated carbocycles. The van der Waals surface area contributed by atoms with Crippen LogP contribution in [0.4, 0.5) is 4.39 Å². The number of halogens is 1. The van der Waals surface area contributed by atoms with Crippen molar-refractivity contribution >= 4 is 0 Å². The standard InChI is InChI=1S/C22H24FN3O/c23-19-3-1-18(2-4-19)22-21(17-5-9-24-10-6-17)13-20(25-22)14-26-11-7-16(15-27)8-12-26/h1-6,9-10,13,16,25,27H,7-8,11-12,14-15H2. The third-order valence-corrected chi connectivity index (χ3v) is 5.36. The average Bonchev–Trinajstić information content (AvgIpc) is 3.13. The minimum Gasteiger partial charge on any atom is -0.396 e. The lowest BCUT2D eigenvalue weighted by molar-refractivity contribution is 0.126. The number of benzene rings is 1. The molecule has 5 heteroatoms. The molecule has 0 unspecified atom stereocenters. The van der Waals surface area contributed by atoms with Gasteiger partial charge in [0.25, 0.3) is 0 Å². The summed E-state index contributed by atoms with van der Waals surface area (Å²) in [6.07, 6.45) is 5.66. The molecule has 140 valence electrons. The van der Waals surface area contributed by atoms with Gasteiger partial charge >= 0.3 is 0 Å². The minimum atomic E-state index is -0.234. The van der Waals surface area contributed by atoms with Gasteiger partial charge < -0.3 is 10.1 Å². The summed E-state index contributed by atoms with van der Waals surface area (Å²) < 4.78 is 13.4. The van der Waals surface area contributed by atoms with Crippen molar-refractivity contribution in [3.8, 4) is 22.4 Å². The van der Waals surface area contributed by atoms with Gasteiger partial charge in [0, 0.05) is 36.8 Å². The van der Waals surface area contributed by atoms with Crippen LogP contribution >= 0.6 is 0 Å². The number of hydrogen-bond donors (Lipinski definition) is 2. The molecular formula is C22H24FN3O. The molecule has 1 aromatic carbocycles. The number of rotatable bonds is 5. The lowest BCUT2D eigenvalue weighted by Gasteiger charge is -2.30. The van der Waals surface area contributed by atoms with Crippen molar-refractivity contribution in [1.29, 1.82) is 0 Å². The molecule has 4 rings (SSSR count). The van der Waals surface area contributed by atoms with E-state index in [0.717, 1.165) is 60.6 Å². The fourth-order valence-electron chi connectivity index (χ4n) is 3.77. The molecule has 3 heterocycles. The van der Waals surface area contributed by atoms with Gasteiger partial charge in [-0.05, 0) is 85.4 Å². The van der Waals surface area contributed by atoms with Crippen LogP contribution in [0.5, 0.6) is 0 Å². The number of hydrogen-bond acceptors (Lipinski definition) is 3. The van der Waals surface area contributed by atoms with Crippen molar-refractivity contribution in [2.45, 2.75) is 19.4 Å². The molecular weight excluding hydrogens is 341 g/mol. The van der Waals surface area contributed by atoms with Crippen molar-refractivity contribution in [2.24, 2.45) is 5.92 Å². The number of H-pyrrole nitrogens is 1.